The first-order valence-electron chi connectivity index (χ1n) is 11.8. The highest BCUT2D eigenvalue weighted by Gasteiger charge is 2.24. The van der Waals surface area contributed by atoms with Crippen LogP contribution in [0.3, 0.4) is 0 Å². The maximum Gasteiger partial charge on any atom is 0.339 e. The number of nitrogens with one attached hydrogen (secondary N) is 1. The van der Waals surface area contributed by atoms with Crippen molar-refractivity contribution in [2.45, 2.75) is 40.2 Å². The molecular formula is C27H33NO8. The van der Waals surface area contributed by atoms with Gasteiger partial charge in [0, 0.05) is 11.1 Å². The lowest BCUT2D eigenvalue weighted by molar-refractivity contribution is -0.145. The molecule has 36 heavy (non-hydrogen) atoms. The van der Waals surface area contributed by atoms with Gasteiger partial charge in [0.05, 0.1) is 25.9 Å². The van der Waals surface area contributed by atoms with Crippen LogP contribution in [0.25, 0.3) is 0 Å². The van der Waals surface area contributed by atoms with Crippen LogP contribution in [0.2, 0.25) is 0 Å². The Morgan fingerprint density at radius 2 is 1.53 bits per heavy atom. The van der Waals surface area contributed by atoms with E-state index in [0.29, 0.717) is 36.7 Å². The van der Waals surface area contributed by atoms with Crippen molar-refractivity contribution >= 4 is 23.6 Å². The molecule has 1 amide bonds. The maximum absolute atomic E-state index is 13.3. The van der Waals surface area contributed by atoms with Crippen molar-refractivity contribution < 1.29 is 38.1 Å². The van der Waals surface area contributed by atoms with Crippen LogP contribution in [0.1, 0.15) is 60.4 Å². The van der Waals surface area contributed by atoms with E-state index in [9.17, 15) is 19.2 Å². The van der Waals surface area contributed by atoms with Gasteiger partial charge in [0.2, 0.25) is 0 Å². The highest BCUT2D eigenvalue weighted by Crippen LogP contribution is 2.30. The average molecular weight is 500 g/mol. The van der Waals surface area contributed by atoms with Crippen molar-refractivity contribution in [3.05, 3.63) is 59.2 Å². The Balaban J connectivity index is 2.17. The van der Waals surface area contributed by atoms with E-state index >= 15 is 0 Å². The number of methoxy groups -OCH3 is 1. The molecule has 2 aromatic rings. The van der Waals surface area contributed by atoms with Gasteiger partial charge in [-0.1, -0.05) is 32.0 Å². The van der Waals surface area contributed by atoms with Gasteiger partial charge in [0.25, 0.3) is 5.91 Å². The number of esters is 2. The van der Waals surface area contributed by atoms with Crippen molar-refractivity contribution in [1.82, 2.24) is 5.32 Å². The van der Waals surface area contributed by atoms with Gasteiger partial charge in [-0.05, 0) is 50.5 Å². The molecule has 0 aliphatic carbocycles. The van der Waals surface area contributed by atoms with E-state index in [1.165, 1.54) is 19.2 Å². The number of benzene rings is 2. The molecule has 1 unspecified atom stereocenters. The van der Waals surface area contributed by atoms with Crippen molar-refractivity contribution in [1.29, 1.82) is 0 Å². The average Bonchev–Trinajstić information content (AvgIpc) is 2.87. The van der Waals surface area contributed by atoms with Crippen LogP contribution in [0.5, 0.6) is 11.5 Å². The second kappa shape index (κ2) is 13.9. The summed E-state index contributed by atoms with van der Waals surface area (Å²) in [5, 5.41) is 2.52. The third-order valence-electron chi connectivity index (χ3n) is 5.06. The smallest absolute Gasteiger partial charge is 0.339 e. The first-order valence-corrected chi connectivity index (χ1v) is 11.8. The van der Waals surface area contributed by atoms with Gasteiger partial charge in [-0.3, -0.25) is 9.59 Å². The van der Waals surface area contributed by atoms with E-state index in [0.717, 1.165) is 0 Å². The topological polar surface area (TPSA) is 117 Å². The van der Waals surface area contributed by atoms with Crippen LogP contribution in [-0.2, 0) is 19.1 Å². The Morgan fingerprint density at radius 3 is 2.14 bits per heavy atom. The molecular weight excluding hydrogens is 466 g/mol. The molecule has 9 heteroatoms. The fraction of sp³-hybridized carbons (Fsp3) is 0.407. The highest BCUT2D eigenvalue weighted by atomic mass is 16.5. The summed E-state index contributed by atoms with van der Waals surface area (Å²) in [7, 11) is 1.23. The number of carbonyl (C=O) groups is 4. The Kier molecular flexibility index (Phi) is 10.9. The predicted octanol–water partition coefficient (Wildman–Crippen LogP) is 3.58. The summed E-state index contributed by atoms with van der Waals surface area (Å²) in [6.07, 6.45) is 0.371. The Morgan fingerprint density at radius 1 is 0.889 bits per heavy atom. The molecule has 0 heterocycles. The van der Waals surface area contributed by atoms with E-state index in [1.807, 2.05) is 27.7 Å². The number of ketones is 1. The van der Waals surface area contributed by atoms with Crippen LogP contribution < -0.4 is 14.8 Å². The highest BCUT2D eigenvalue weighted by molar-refractivity contribution is 6.14. The van der Waals surface area contributed by atoms with E-state index in [2.05, 4.69) is 5.32 Å². The quantitative estimate of drug-likeness (QED) is 0.328. The van der Waals surface area contributed by atoms with Gasteiger partial charge in [0.1, 0.15) is 6.04 Å². The minimum absolute atomic E-state index is 0.00819. The zero-order chi connectivity index (χ0) is 26.7. The van der Waals surface area contributed by atoms with E-state index in [-0.39, 0.29) is 17.0 Å². The molecule has 0 spiro atoms. The molecule has 0 saturated heterocycles. The van der Waals surface area contributed by atoms with Crippen molar-refractivity contribution in [2.24, 2.45) is 5.92 Å². The monoisotopic (exact) mass is 499 g/mol. The Bertz CT molecular complexity index is 1080. The van der Waals surface area contributed by atoms with Gasteiger partial charge >= 0.3 is 11.9 Å². The zero-order valence-electron chi connectivity index (χ0n) is 21.3. The van der Waals surface area contributed by atoms with Crippen molar-refractivity contribution in [2.75, 3.05) is 26.9 Å². The van der Waals surface area contributed by atoms with E-state index in [1.54, 1.807) is 30.3 Å². The number of hydrogen-bond acceptors (Lipinski definition) is 8. The van der Waals surface area contributed by atoms with Crippen LogP contribution in [0.4, 0.5) is 0 Å². The zero-order valence-corrected chi connectivity index (χ0v) is 21.3. The fourth-order valence-corrected chi connectivity index (χ4v) is 3.48. The lowest BCUT2D eigenvalue weighted by Crippen LogP contribution is -2.44. The van der Waals surface area contributed by atoms with Gasteiger partial charge in [-0.2, -0.15) is 0 Å². The molecule has 0 fully saturated rings. The van der Waals surface area contributed by atoms with Crippen LogP contribution in [-0.4, -0.2) is 56.6 Å². The Hall–Kier alpha value is -3.88. The van der Waals surface area contributed by atoms with Gasteiger partial charge in [0.15, 0.2) is 23.9 Å². The first kappa shape index (κ1) is 28.4. The summed E-state index contributed by atoms with van der Waals surface area (Å²) in [6.45, 7) is 7.67. The largest absolute Gasteiger partial charge is 0.490 e. The van der Waals surface area contributed by atoms with Gasteiger partial charge < -0.3 is 24.3 Å². The first-order chi connectivity index (χ1) is 17.2. The van der Waals surface area contributed by atoms with E-state index < -0.39 is 36.3 Å². The molecule has 0 saturated carbocycles. The predicted molar refractivity (Wildman–Crippen MR) is 132 cm³/mol. The number of carbonyl (C=O) groups excluding carboxylic acids is 4. The lowest BCUT2D eigenvalue weighted by atomic mass is 9.98. The van der Waals surface area contributed by atoms with E-state index in [4.69, 9.17) is 18.9 Å². The molecule has 9 nitrogen and oxygen atoms in total. The summed E-state index contributed by atoms with van der Waals surface area (Å²) in [5.74, 6) is -1.44. The van der Waals surface area contributed by atoms with Crippen molar-refractivity contribution in [3.63, 3.8) is 0 Å². The minimum atomic E-state index is -0.853. The fourth-order valence-electron chi connectivity index (χ4n) is 3.48. The summed E-state index contributed by atoms with van der Waals surface area (Å²) >= 11 is 0. The van der Waals surface area contributed by atoms with Crippen LogP contribution in [0.15, 0.2) is 42.5 Å². The molecule has 1 atom stereocenters. The Labute approximate surface area is 211 Å². The molecule has 2 rings (SSSR count). The van der Waals surface area contributed by atoms with Crippen molar-refractivity contribution in [3.8, 4) is 11.5 Å². The number of amides is 1. The normalized spacial score (nSPS) is 11.4. The summed E-state index contributed by atoms with van der Waals surface area (Å²) in [4.78, 5) is 50.3. The molecule has 0 aromatic heterocycles. The molecule has 0 aliphatic rings. The van der Waals surface area contributed by atoms with Crippen LogP contribution in [0, 0.1) is 5.92 Å². The third-order valence-corrected chi connectivity index (χ3v) is 5.06. The lowest BCUT2D eigenvalue weighted by Gasteiger charge is -2.18. The number of rotatable bonds is 13. The standard InChI is InChI=1S/C27H33NO8/c1-6-34-22-13-12-18(15-23(22)35-7-2)25(30)19-10-8-9-11-20(19)26(31)36-16-24(29)28-21(14-17(3)4)27(32)33-5/h8-13,15,17,21H,6-7,14,16H2,1-5H3,(H,28,29). The third kappa shape index (κ3) is 7.83. The number of hydrogen-bond donors (Lipinski definition) is 1. The summed E-state index contributed by atoms with van der Waals surface area (Å²) in [6, 6.07) is 10.1. The second-order valence-corrected chi connectivity index (χ2v) is 8.25. The minimum Gasteiger partial charge on any atom is -0.490 e. The van der Waals surface area contributed by atoms with Gasteiger partial charge in [-0.15, -0.1) is 0 Å². The summed E-state index contributed by atoms with van der Waals surface area (Å²) < 4.78 is 21.0. The second-order valence-electron chi connectivity index (χ2n) is 8.25. The summed E-state index contributed by atoms with van der Waals surface area (Å²) in [5.41, 5.74) is 0.421. The molecule has 0 bridgehead atoms. The maximum atomic E-state index is 13.3. The molecule has 0 aliphatic heterocycles. The molecule has 2 aromatic carbocycles. The SMILES string of the molecule is CCOc1ccc(C(=O)c2ccccc2C(=O)OCC(=O)NC(CC(C)C)C(=O)OC)cc1OCC. The van der Waals surface area contributed by atoms with Gasteiger partial charge in [-0.25, -0.2) is 9.59 Å². The van der Waals surface area contributed by atoms with Crippen LogP contribution >= 0.6 is 0 Å². The molecule has 1 N–H and O–H groups in total. The molecule has 194 valence electrons. The molecule has 0 radical (unpaired) electrons. The number of ether oxygens (including phenoxy) is 4.